The zero-order valence-electron chi connectivity index (χ0n) is 18.7. The van der Waals surface area contributed by atoms with Gasteiger partial charge in [0.1, 0.15) is 0 Å². The van der Waals surface area contributed by atoms with E-state index in [9.17, 15) is 14.4 Å². The lowest BCUT2D eigenvalue weighted by Gasteiger charge is -2.35. The summed E-state index contributed by atoms with van der Waals surface area (Å²) >= 11 is 0. The Morgan fingerprint density at radius 1 is 0.758 bits per heavy atom. The van der Waals surface area contributed by atoms with Crippen LogP contribution in [0.4, 0.5) is 5.69 Å². The van der Waals surface area contributed by atoms with Crippen molar-refractivity contribution in [2.75, 3.05) is 70.9 Å². The molecule has 8 nitrogen and oxygen atoms in total. The highest BCUT2D eigenvalue weighted by molar-refractivity contribution is 6.13. The highest BCUT2D eigenvalue weighted by atomic mass is 16.5. The summed E-state index contributed by atoms with van der Waals surface area (Å²) in [7, 11) is 0. The first kappa shape index (κ1) is 23.1. The summed E-state index contributed by atoms with van der Waals surface area (Å²) in [5.74, 6) is -0.129. The van der Waals surface area contributed by atoms with Gasteiger partial charge in [-0.25, -0.2) is 0 Å². The molecule has 2 aliphatic rings. The minimum atomic E-state index is -0.152. The number of piperazine rings is 1. The van der Waals surface area contributed by atoms with E-state index in [4.69, 9.17) is 4.74 Å². The minimum absolute atomic E-state index is 0.120. The number of carbonyl (C=O) groups is 3. The number of ether oxygens (including phenoxy) is 1. The number of rotatable bonds is 7. The van der Waals surface area contributed by atoms with Gasteiger partial charge in [0.05, 0.1) is 32.0 Å². The third-order valence-electron chi connectivity index (χ3n) is 6.04. The molecule has 33 heavy (non-hydrogen) atoms. The third-order valence-corrected chi connectivity index (χ3v) is 6.04. The molecular formula is C25H30N4O4. The molecule has 8 heteroatoms. The Hall–Kier alpha value is -3.07. The number of hydrogen-bond donors (Lipinski definition) is 1. The van der Waals surface area contributed by atoms with Crippen LogP contribution in [0.2, 0.25) is 0 Å². The maximum Gasteiger partial charge on any atom is 0.238 e. The zero-order chi connectivity index (χ0) is 23.0. The van der Waals surface area contributed by atoms with Gasteiger partial charge in [-0.15, -0.1) is 0 Å². The lowest BCUT2D eigenvalue weighted by molar-refractivity contribution is -0.137. The summed E-state index contributed by atoms with van der Waals surface area (Å²) < 4.78 is 5.31. The fourth-order valence-corrected chi connectivity index (χ4v) is 4.14. The van der Waals surface area contributed by atoms with Crippen LogP contribution in [-0.4, -0.2) is 97.9 Å². The number of nitrogens with one attached hydrogen (secondary N) is 1. The van der Waals surface area contributed by atoms with Crippen molar-refractivity contribution in [1.29, 1.82) is 0 Å². The molecule has 2 saturated heterocycles. The molecule has 0 aromatic heterocycles. The summed E-state index contributed by atoms with van der Waals surface area (Å²) in [5.41, 5.74) is 1.58. The minimum Gasteiger partial charge on any atom is -0.378 e. The number of anilines is 1. The molecule has 4 rings (SSSR count). The van der Waals surface area contributed by atoms with Gasteiger partial charge in [-0.2, -0.15) is 0 Å². The van der Waals surface area contributed by atoms with Crippen LogP contribution >= 0.6 is 0 Å². The first-order chi connectivity index (χ1) is 16.1. The van der Waals surface area contributed by atoms with E-state index < -0.39 is 0 Å². The van der Waals surface area contributed by atoms with Gasteiger partial charge in [-0.1, -0.05) is 42.5 Å². The number of benzene rings is 2. The van der Waals surface area contributed by atoms with Crippen molar-refractivity contribution in [3.8, 4) is 0 Å². The lowest BCUT2D eigenvalue weighted by Crippen LogP contribution is -2.52. The summed E-state index contributed by atoms with van der Waals surface area (Å²) in [6.07, 6.45) is 0. The Labute approximate surface area is 194 Å². The van der Waals surface area contributed by atoms with Gasteiger partial charge < -0.3 is 15.0 Å². The molecule has 2 aromatic rings. The van der Waals surface area contributed by atoms with Crippen molar-refractivity contribution >= 4 is 23.3 Å². The van der Waals surface area contributed by atoms with Crippen molar-refractivity contribution in [2.24, 2.45) is 0 Å². The maximum atomic E-state index is 12.9. The SMILES string of the molecule is O=C(CN1CCN(CC(=O)N2CCOCC2)CC1)Nc1ccccc1C(=O)c1ccccc1. The predicted octanol–water partition coefficient (Wildman–Crippen LogP) is 1.33. The zero-order valence-corrected chi connectivity index (χ0v) is 18.7. The number of morpholine rings is 1. The van der Waals surface area contributed by atoms with E-state index in [1.807, 2.05) is 29.2 Å². The monoisotopic (exact) mass is 450 g/mol. The molecule has 174 valence electrons. The predicted molar refractivity (Wildman–Crippen MR) is 125 cm³/mol. The Kier molecular flexibility index (Phi) is 7.83. The van der Waals surface area contributed by atoms with E-state index in [2.05, 4.69) is 15.1 Å². The highest BCUT2D eigenvalue weighted by Crippen LogP contribution is 2.19. The van der Waals surface area contributed by atoms with Gasteiger partial charge in [0, 0.05) is 50.4 Å². The van der Waals surface area contributed by atoms with Crippen LogP contribution < -0.4 is 5.32 Å². The Morgan fingerprint density at radius 2 is 1.36 bits per heavy atom. The topological polar surface area (TPSA) is 82.2 Å². The highest BCUT2D eigenvalue weighted by Gasteiger charge is 2.24. The van der Waals surface area contributed by atoms with Gasteiger partial charge in [0.25, 0.3) is 0 Å². The van der Waals surface area contributed by atoms with E-state index in [1.54, 1.807) is 30.3 Å². The quantitative estimate of drug-likeness (QED) is 0.641. The molecule has 1 N–H and O–H groups in total. The first-order valence-electron chi connectivity index (χ1n) is 11.4. The molecule has 0 atom stereocenters. The molecule has 0 bridgehead atoms. The van der Waals surface area contributed by atoms with Gasteiger partial charge >= 0.3 is 0 Å². The van der Waals surface area contributed by atoms with Crippen LogP contribution in [0.3, 0.4) is 0 Å². The molecule has 0 saturated carbocycles. The summed E-state index contributed by atoms with van der Waals surface area (Å²) in [6.45, 7) is 6.11. The molecule has 2 aromatic carbocycles. The summed E-state index contributed by atoms with van der Waals surface area (Å²) in [6, 6.07) is 16.1. The van der Waals surface area contributed by atoms with Crippen LogP contribution in [-0.2, 0) is 14.3 Å². The standard InChI is InChI=1S/C25H30N4O4/c30-23(26-22-9-5-4-8-21(22)25(32)20-6-2-1-3-7-20)18-27-10-12-28(13-11-27)19-24(31)29-14-16-33-17-15-29/h1-9H,10-19H2,(H,26,30). The van der Waals surface area contributed by atoms with Crippen molar-refractivity contribution in [3.05, 3.63) is 65.7 Å². The normalized spacial score (nSPS) is 17.5. The molecule has 0 aliphatic carbocycles. The molecule has 2 heterocycles. The average molecular weight is 451 g/mol. The van der Waals surface area contributed by atoms with Crippen LogP contribution in [0.1, 0.15) is 15.9 Å². The van der Waals surface area contributed by atoms with Crippen molar-refractivity contribution in [2.45, 2.75) is 0 Å². The molecule has 0 radical (unpaired) electrons. The van der Waals surface area contributed by atoms with Gasteiger partial charge in [0.15, 0.2) is 5.78 Å². The van der Waals surface area contributed by atoms with Crippen molar-refractivity contribution < 1.29 is 19.1 Å². The number of nitrogens with zero attached hydrogens (tertiary/aromatic N) is 3. The smallest absolute Gasteiger partial charge is 0.238 e. The molecule has 2 fully saturated rings. The second-order valence-corrected chi connectivity index (χ2v) is 8.33. The average Bonchev–Trinajstić information content (AvgIpc) is 2.86. The largest absolute Gasteiger partial charge is 0.378 e. The van der Waals surface area contributed by atoms with E-state index in [0.717, 1.165) is 13.1 Å². The number of hydrogen-bond acceptors (Lipinski definition) is 6. The van der Waals surface area contributed by atoms with E-state index in [-0.39, 0.29) is 24.1 Å². The molecule has 2 amide bonds. The number of carbonyl (C=O) groups excluding carboxylic acids is 3. The lowest BCUT2D eigenvalue weighted by atomic mass is 10.0. The van der Waals surface area contributed by atoms with Crippen LogP contribution in [0.5, 0.6) is 0 Å². The van der Waals surface area contributed by atoms with E-state index >= 15 is 0 Å². The molecule has 0 unspecified atom stereocenters. The second-order valence-electron chi connectivity index (χ2n) is 8.33. The fraction of sp³-hybridized carbons (Fsp3) is 0.400. The molecule has 0 spiro atoms. The van der Waals surface area contributed by atoms with Crippen molar-refractivity contribution in [1.82, 2.24) is 14.7 Å². The second kappa shape index (κ2) is 11.2. The van der Waals surface area contributed by atoms with Crippen LogP contribution in [0.15, 0.2) is 54.6 Å². The van der Waals surface area contributed by atoms with Gasteiger partial charge in [-0.3, -0.25) is 24.2 Å². The first-order valence-corrected chi connectivity index (χ1v) is 11.4. The van der Waals surface area contributed by atoms with Crippen LogP contribution in [0.25, 0.3) is 0 Å². The number of para-hydroxylation sites is 1. The summed E-state index contributed by atoms with van der Waals surface area (Å²) in [4.78, 5) is 44.1. The van der Waals surface area contributed by atoms with Gasteiger partial charge in [0.2, 0.25) is 11.8 Å². The van der Waals surface area contributed by atoms with E-state index in [1.165, 1.54) is 0 Å². The Balaban J connectivity index is 1.26. The number of ketones is 1. The van der Waals surface area contributed by atoms with Crippen LogP contribution in [0, 0.1) is 0 Å². The van der Waals surface area contributed by atoms with Gasteiger partial charge in [-0.05, 0) is 12.1 Å². The summed E-state index contributed by atoms with van der Waals surface area (Å²) in [5, 5.41) is 2.91. The molecule has 2 aliphatic heterocycles. The van der Waals surface area contributed by atoms with Crippen molar-refractivity contribution in [3.63, 3.8) is 0 Å². The fourth-order valence-electron chi connectivity index (χ4n) is 4.14. The maximum absolute atomic E-state index is 12.9. The Bertz CT molecular complexity index is 967. The Morgan fingerprint density at radius 3 is 2.06 bits per heavy atom. The number of amides is 2. The molecular weight excluding hydrogens is 420 g/mol. The third kappa shape index (κ3) is 6.25. The van der Waals surface area contributed by atoms with E-state index in [0.29, 0.717) is 62.8 Å².